The minimum atomic E-state index is -0.144. The molecule has 0 N–H and O–H groups in total. The second-order valence-electron chi connectivity index (χ2n) is 5.71. The molecule has 120 valence electrons. The van der Waals surface area contributed by atoms with Gasteiger partial charge in [0.15, 0.2) is 0 Å². The Kier molecular flexibility index (Phi) is 5.34. The summed E-state index contributed by atoms with van der Waals surface area (Å²) in [5.74, 6) is 0.861. The van der Waals surface area contributed by atoms with Crippen LogP contribution < -0.4 is 0 Å². The molecule has 1 atom stereocenters. The average Bonchev–Trinajstić information content (AvgIpc) is 2.82. The molecule has 0 saturated carbocycles. The van der Waals surface area contributed by atoms with Crippen molar-refractivity contribution in [1.29, 1.82) is 0 Å². The maximum Gasteiger partial charge on any atom is 0.227 e. The van der Waals surface area contributed by atoms with E-state index in [1.54, 1.807) is 17.8 Å². The van der Waals surface area contributed by atoms with Gasteiger partial charge in [-0.25, -0.2) is 4.39 Å². The number of nitrogens with zero attached hydrogens (tertiary/aromatic N) is 1. The van der Waals surface area contributed by atoms with Gasteiger partial charge in [-0.05, 0) is 18.1 Å². The lowest BCUT2D eigenvalue weighted by molar-refractivity contribution is -0.130. The molecule has 2 nitrogen and oxygen atoms in total. The zero-order chi connectivity index (χ0) is 16.1. The molecule has 4 heteroatoms. The van der Waals surface area contributed by atoms with Crippen LogP contribution in [0.4, 0.5) is 4.39 Å². The van der Waals surface area contributed by atoms with Gasteiger partial charge in [-0.1, -0.05) is 48.5 Å². The Morgan fingerprint density at radius 3 is 2.61 bits per heavy atom. The average molecular weight is 329 g/mol. The number of rotatable bonds is 3. The minimum Gasteiger partial charge on any atom is -0.342 e. The second kappa shape index (κ2) is 7.64. The Bertz CT molecular complexity index is 661. The van der Waals surface area contributed by atoms with E-state index in [0.29, 0.717) is 13.0 Å². The van der Waals surface area contributed by atoms with Gasteiger partial charge < -0.3 is 4.90 Å². The Balaban J connectivity index is 1.62. The van der Waals surface area contributed by atoms with Crippen molar-refractivity contribution < 1.29 is 9.18 Å². The summed E-state index contributed by atoms with van der Waals surface area (Å²) in [6.45, 7) is 1.43. The van der Waals surface area contributed by atoms with Crippen molar-refractivity contribution in [3.8, 4) is 0 Å². The molecule has 1 heterocycles. The van der Waals surface area contributed by atoms with Gasteiger partial charge in [-0.3, -0.25) is 4.79 Å². The molecule has 1 saturated heterocycles. The van der Waals surface area contributed by atoms with Crippen LogP contribution in [0, 0.1) is 5.82 Å². The largest absolute Gasteiger partial charge is 0.342 e. The van der Waals surface area contributed by atoms with Gasteiger partial charge in [-0.2, -0.15) is 11.8 Å². The first-order chi connectivity index (χ1) is 11.2. The highest BCUT2D eigenvalue weighted by Gasteiger charge is 2.23. The van der Waals surface area contributed by atoms with Crippen molar-refractivity contribution in [2.45, 2.75) is 18.1 Å². The van der Waals surface area contributed by atoms with Crippen LogP contribution >= 0.6 is 11.8 Å². The third kappa shape index (κ3) is 4.14. The predicted molar refractivity (Wildman–Crippen MR) is 92.9 cm³/mol. The fourth-order valence-electron chi connectivity index (χ4n) is 2.89. The number of benzene rings is 2. The summed E-state index contributed by atoms with van der Waals surface area (Å²) in [4.78, 5) is 14.4. The standard InChI is InChI=1S/C19H20FNOS/c20-17-9-5-4-8-16(17)18-10-11-21(12-13-23-18)19(22)14-15-6-2-1-3-7-15/h1-9,18H,10-14H2. The van der Waals surface area contributed by atoms with E-state index in [0.717, 1.165) is 29.8 Å². The summed E-state index contributed by atoms with van der Waals surface area (Å²) in [6, 6.07) is 16.8. The van der Waals surface area contributed by atoms with Crippen LogP contribution in [-0.4, -0.2) is 29.6 Å². The summed E-state index contributed by atoms with van der Waals surface area (Å²) in [5.41, 5.74) is 1.80. The summed E-state index contributed by atoms with van der Waals surface area (Å²) in [7, 11) is 0. The molecule has 23 heavy (non-hydrogen) atoms. The SMILES string of the molecule is O=C(Cc1ccccc1)N1CCSC(c2ccccc2F)CC1. The van der Waals surface area contributed by atoms with E-state index in [1.165, 1.54) is 6.07 Å². The summed E-state index contributed by atoms with van der Waals surface area (Å²) >= 11 is 1.74. The molecule has 1 amide bonds. The number of carbonyl (C=O) groups excluding carboxylic acids is 1. The fourth-order valence-corrected chi connectivity index (χ4v) is 4.14. The first-order valence-electron chi connectivity index (χ1n) is 7.92. The normalized spacial score (nSPS) is 18.5. The first-order valence-corrected chi connectivity index (χ1v) is 8.96. The number of hydrogen-bond donors (Lipinski definition) is 0. The monoisotopic (exact) mass is 329 g/mol. The molecular formula is C19H20FNOS. The molecule has 1 aliphatic rings. The van der Waals surface area contributed by atoms with Gasteiger partial charge in [0.2, 0.25) is 5.91 Å². The fraction of sp³-hybridized carbons (Fsp3) is 0.316. The third-order valence-electron chi connectivity index (χ3n) is 4.14. The maximum absolute atomic E-state index is 14.0. The highest BCUT2D eigenvalue weighted by Crippen LogP contribution is 2.35. The zero-order valence-corrected chi connectivity index (χ0v) is 13.8. The number of hydrogen-bond acceptors (Lipinski definition) is 2. The van der Waals surface area contributed by atoms with Crippen molar-refractivity contribution >= 4 is 17.7 Å². The molecule has 0 spiro atoms. The van der Waals surface area contributed by atoms with Gasteiger partial charge >= 0.3 is 0 Å². The zero-order valence-electron chi connectivity index (χ0n) is 13.0. The Morgan fingerprint density at radius 1 is 1.09 bits per heavy atom. The summed E-state index contributed by atoms with van der Waals surface area (Å²) in [5, 5.41) is 0.130. The van der Waals surface area contributed by atoms with Crippen LogP contribution in [0.25, 0.3) is 0 Å². The van der Waals surface area contributed by atoms with E-state index in [2.05, 4.69) is 0 Å². The molecule has 2 aromatic carbocycles. The van der Waals surface area contributed by atoms with Crippen molar-refractivity contribution in [1.82, 2.24) is 4.90 Å². The lowest BCUT2D eigenvalue weighted by atomic mass is 10.1. The number of carbonyl (C=O) groups is 1. The van der Waals surface area contributed by atoms with Crippen molar-refractivity contribution in [3.63, 3.8) is 0 Å². The van der Waals surface area contributed by atoms with Crippen LogP contribution in [-0.2, 0) is 11.2 Å². The van der Waals surface area contributed by atoms with Gasteiger partial charge in [0.25, 0.3) is 0 Å². The molecule has 0 radical (unpaired) electrons. The van der Waals surface area contributed by atoms with E-state index in [9.17, 15) is 9.18 Å². The van der Waals surface area contributed by atoms with E-state index in [-0.39, 0.29) is 17.0 Å². The molecular weight excluding hydrogens is 309 g/mol. The number of amides is 1. The Labute approximate surface area is 140 Å². The molecule has 1 aliphatic heterocycles. The molecule has 1 unspecified atom stereocenters. The highest BCUT2D eigenvalue weighted by molar-refractivity contribution is 7.99. The quantitative estimate of drug-likeness (QED) is 0.846. The van der Waals surface area contributed by atoms with E-state index < -0.39 is 0 Å². The lowest BCUT2D eigenvalue weighted by Gasteiger charge is -2.20. The van der Waals surface area contributed by atoms with E-state index in [1.807, 2.05) is 47.4 Å². The summed E-state index contributed by atoms with van der Waals surface area (Å²) in [6.07, 6.45) is 1.24. The topological polar surface area (TPSA) is 20.3 Å². The molecule has 3 rings (SSSR count). The molecule has 0 aliphatic carbocycles. The van der Waals surface area contributed by atoms with Crippen molar-refractivity contribution in [3.05, 3.63) is 71.5 Å². The van der Waals surface area contributed by atoms with Crippen LogP contribution in [0.15, 0.2) is 54.6 Å². The predicted octanol–water partition coefficient (Wildman–Crippen LogP) is 4.08. The highest BCUT2D eigenvalue weighted by atomic mass is 32.2. The van der Waals surface area contributed by atoms with Crippen LogP contribution in [0.2, 0.25) is 0 Å². The van der Waals surface area contributed by atoms with Crippen LogP contribution in [0.5, 0.6) is 0 Å². The number of thioether (sulfide) groups is 1. The van der Waals surface area contributed by atoms with Crippen LogP contribution in [0.3, 0.4) is 0 Å². The Morgan fingerprint density at radius 2 is 1.83 bits per heavy atom. The number of halogens is 1. The maximum atomic E-state index is 14.0. The summed E-state index contributed by atoms with van der Waals surface area (Å²) < 4.78 is 14.0. The molecule has 0 aromatic heterocycles. The lowest BCUT2D eigenvalue weighted by Crippen LogP contribution is -2.34. The van der Waals surface area contributed by atoms with Gasteiger partial charge in [0, 0.05) is 29.7 Å². The molecule has 1 fully saturated rings. The smallest absolute Gasteiger partial charge is 0.227 e. The first kappa shape index (κ1) is 16.1. The van der Waals surface area contributed by atoms with E-state index in [4.69, 9.17) is 0 Å². The Hall–Kier alpha value is -1.81. The van der Waals surface area contributed by atoms with Gasteiger partial charge in [0.1, 0.15) is 5.82 Å². The van der Waals surface area contributed by atoms with Crippen LogP contribution in [0.1, 0.15) is 22.8 Å². The molecule has 0 bridgehead atoms. The van der Waals surface area contributed by atoms with Gasteiger partial charge in [0.05, 0.1) is 6.42 Å². The minimum absolute atomic E-state index is 0.130. The van der Waals surface area contributed by atoms with E-state index >= 15 is 0 Å². The second-order valence-corrected chi connectivity index (χ2v) is 7.02. The molecule has 2 aromatic rings. The van der Waals surface area contributed by atoms with Gasteiger partial charge in [-0.15, -0.1) is 0 Å². The third-order valence-corrected chi connectivity index (χ3v) is 5.45. The van der Waals surface area contributed by atoms with Crippen molar-refractivity contribution in [2.24, 2.45) is 0 Å². The van der Waals surface area contributed by atoms with Crippen molar-refractivity contribution in [2.75, 3.05) is 18.8 Å².